The molecule has 2 aromatic rings. The van der Waals surface area contributed by atoms with Gasteiger partial charge in [-0.15, -0.1) is 0 Å². The molecule has 100 valence electrons. The molecule has 1 aromatic carbocycles. The molecule has 0 spiro atoms. The van der Waals surface area contributed by atoms with Crippen LogP contribution < -0.4 is 11.3 Å². The van der Waals surface area contributed by atoms with E-state index in [0.29, 0.717) is 24.9 Å². The van der Waals surface area contributed by atoms with Crippen molar-refractivity contribution in [2.24, 2.45) is 5.84 Å². The average Bonchev–Trinajstić information content (AvgIpc) is 2.40. The van der Waals surface area contributed by atoms with Crippen molar-refractivity contribution in [3.63, 3.8) is 0 Å². The Morgan fingerprint density at radius 3 is 2.63 bits per heavy atom. The van der Waals surface area contributed by atoms with E-state index < -0.39 is 0 Å². The normalized spacial score (nSPS) is 10.5. The van der Waals surface area contributed by atoms with E-state index in [1.807, 2.05) is 31.2 Å². The van der Waals surface area contributed by atoms with Crippen molar-refractivity contribution in [1.29, 1.82) is 0 Å². The second-order valence-corrected chi connectivity index (χ2v) is 4.99. The second kappa shape index (κ2) is 6.60. The van der Waals surface area contributed by atoms with Crippen LogP contribution >= 0.6 is 15.9 Å². The molecule has 0 atom stereocenters. The van der Waals surface area contributed by atoms with Crippen LogP contribution in [0, 0.1) is 6.92 Å². The fraction of sp³-hybridized carbons (Fsp3) is 0.231. The van der Waals surface area contributed by atoms with Crippen LogP contribution in [0.5, 0.6) is 0 Å². The fourth-order valence-corrected chi connectivity index (χ4v) is 1.87. The summed E-state index contributed by atoms with van der Waals surface area (Å²) >= 11 is 3.39. The van der Waals surface area contributed by atoms with Gasteiger partial charge in [-0.3, -0.25) is 0 Å². The summed E-state index contributed by atoms with van der Waals surface area (Å²) < 4.78 is 6.64. The van der Waals surface area contributed by atoms with E-state index in [-0.39, 0.29) is 0 Å². The van der Waals surface area contributed by atoms with Crippen LogP contribution in [0.15, 0.2) is 34.8 Å². The van der Waals surface area contributed by atoms with Gasteiger partial charge < -0.3 is 10.2 Å². The number of benzene rings is 1. The van der Waals surface area contributed by atoms with Crippen LogP contribution in [0.1, 0.15) is 17.1 Å². The molecule has 6 heteroatoms. The zero-order valence-electron chi connectivity index (χ0n) is 10.6. The van der Waals surface area contributed by atoms with Crippen molar-refractivity contribution < 1.29 is 4.74 Å². The van der Waals surface area contributed by atoms with Gasteiger partial charge in [0.2, 0.25) is 0 Å². The van der Waals surface area contributed by atoms with Crippen LogP contribution in [-0.4, -0.2) is 9.97 Å². The first-order chi connectivity index (χ1) is 9.17. The van der Waals surface area contributed by atoms with Crippen LogP contribution in [0.4, 0.5) is 5.82 Å². The van der Waals surface area contributed by atoms with Crippen molar-refractivity contribution >= 4 is 21.7 Å². The SMILES string of the molecule is Cc1cc(NN)nc(COCc2ccc(Br)cc2)n1. The Kier molecular flexibility index (Phi) is 4.84. The van der Waals surface area contributed by atoms with Gasteiger partial charge in [0.1, 0.15) is 12.4 Å². The molecule has 0 unspecified atom stereocenters. The summed E-state index contributed by atoms with van der Waals surface area (Å²) in [5.41, 5.74) is 4.47. The minimum absolute atomic E-state index is 0.354. The van der Waals surface area contributed by atoms with E-state index in [2.05, 4.69) is 31.3 Å². The number of halogens is 1. The number of nitrogens with zero attached hydrogens (tertiary/aromatic N) is 2. The van der Waals surface area contributed by atoms with Gasteiger partial charge in [-0.1, -0.05) is 28.1 Å². The van der Waals surface area contributed by atoms with E-state index in [4.69, 9.17) is 10.6 Å². The van der Waals surface area contributed by atoms with E-state index in [1.165, 1.54) is 0 Å². The summed E-state index contributed by atoms with van der Waals surface area (Å²) in [7, 11) is 0. The van der Waals surface area contributed by atoms with Gasteiger partial charge in [0.15, 0.2) is 5.82 Å². The number of ether oxygens (including phenoxy) is 1. The zero-order chi connectivity index (χ0) is 13.7. The largest absolute Gasteiger partial charge is 0.369 e. The summed E-state index contributed by atoms with van der Waals surface area (Å²) in [6, 6.07) is 9.76. The van der Waals surface area contributed by atoms with Gasteiger partial charge in [0.05, 0.1) is 6.61 Å². The molecule has 19 heavy (non-hydrogen) atoms. The molecule has 3 N–H and O–H groups in total. The number of aromatic nitrogens is 2. The monoisotopic (exact) mass is 322 g/mol. The summed E-state index contributed by atoms with van der Waals surface area (Å²) in [5, 5.41) is 0. The van der Waals surface area contributed by atoms with Gasteiger partial charge in [-0.05, 0) is 24.6 Å². The first-order valence-corrected chi connectivity index (χ1v) is 6.60. The number of hydrogen-bond acceptors (Lipinski definition) is 5. The molecule has 0 aliphatic rings. The molecule has 1 heterocycles. The molecule has 0 bridgehead atoms. The molecule has 0 fully saturated rings. The highest BCUT2D eigenvalue weighted by Gasteiger charge is 2.02. The molecule has 0 saturated heterocycles. The first-order valence-electron chi connectivity index (χ1n) is 5.81. The topological polar surface area (TPSA) is 73.1 Å². The summed E-state index contributed by atoms with van der Waals surface area (Å²) in [4.78, 5) is 8.51. The van der Waals surface area contributed by atoms with Gasteiger partial charge in [-0.25, -0.2) is 15.8 Å². The Morgan fingerprint density at radius 1 is 1.21 bits per heavy atom. The Labute approximate surface area is 120 Å². The number of aryl methyl sites for hydroxylation is 1. The molecule has 2 rings (SSSR count). The van der Waals surface area contributed by atoms with E-state index in [0.717, 1.165) is 15.7 Å². The maximum absolute atomic E-state index is 5.59. The number of nitrogens with one attached hydrogen (secondary N) is 1. The Morgan fingerprint density at radius 2 is 1.95 bits per heavy atom. The molecule has 1 aromatic heterocycles. The Bertz CT molecular complexity index is 545. The number of anilines is 1. The minimum atomic E-state index is 0.354. The van der Waals surface area contributed by atoms with Gasteiger partial charge in [-0.2, -0.15) is 0 Å². The zero-order valence-corrected chi connectivity index (χ0v) is 12.1. The average molecular weight is 323 g/mol. The lowest BCUT2D eigenvalue weighted by Gasteiger charge is -2.06. The van der Waals surface area contributed by atoms with Crippen molar-refractivity contribution in [2.45, 2.75) is 20.1 Å². The fourth-order valence-electron chi connectivity index (χ4n) is 1.61. The molecule has 0 aliphatic carbocycles. The smallest absolute Gasteiger partial charge is 0.156 e. The highest BCUT2D eigenvalue weighted by atomic mass is 79.9. The Hall–Kier alpha value is -1.50. The van der Waals surface area contributed by atoms with Crippen molar-refractivity contribution in [1.82, 2.24) is 9.97 Å². The predicted molar refractivity (Wildman–Crippen MR) is 77.2 cm³/mol. The lowest BCUT2D eigenvalue weighted by molar-refractivity contribution is 0.102. The summed E-state index contributed by atoms with van der Waals surface area (Å²) in [6.45, 7) is 2.77. The number of hydrogen-bond donors (Lipinski definition) is 2. The van der Waals surface area contributed by atoms with Crippen LogP contribution in [-0.2, 0) is 18.0 Å². The third-order valence-corrected chi connectivity index (χ3v) is 2.99. The van der Waals surface area contributed by atoms with E-state index in [9.17, 15) is 0 Å². The Balaban J connectivity index is 1.92. The van der Waals surface area contributed by atoms with Crippen molar-refractivity contribution in [3.05, 3.63) is 51.9 Å². The molecule has 5 nitrogen and oxygen atoms in total. The maximum atomic E-state index is 5.59. The third kappa shape index (κ3) is 4.27. The third-order valence-electron chi connectivity index (χ3n) is 2.46. The first kappa shape index (κ1) is 13.9. The highest BCUT2D eigenvalue weighted by Crippen LogP contribution is 2.12. The summed E-state index contributed by atoms with van der Waals surface area (Å²) in [6.07, 6.45) is 0. The van der Waals surface area contributed by atoms with E-state index >= 15 is 0 Å². The molecule has 0 amide bonds. The summed E-state index contributed by atoms with van der Waals surface area (Å²) in [5.74, 6) is 6.54. The second-order valence-electron chi connectivity index (χ2n) is 4.07. The predicted octanol–water partition coefficient (Wildman–Crippen LogP) is 2.55. The van der Waals surface area contributed by atoms with Crippen LogP contribution in [0.25, 0.3) is 0 Å². The highest BCUT2D eigenvalue weighted by molar-refractivity contribution is 9.10. The molecule has 0 radical (unpaired) electrons. The number of nitrogens with two attached hydrogens (primary N) is 1. The lowest BCUT2D eigenvalue weighted by atomic mass is 10.2. The van der Waals surface area contributed by atoms with Gasteiger partial charge in [0.25, 0.3) is 0 Å². The van der Waals surface area contributed by atoms with Gasteiger partial charge >= 0.3 is 0 Å². The van der Waals surface area contributed by atoms with Crippen molar-refractivity contribution in [3.8, 4) is 0 Å². The number of rotatable bonds is 5. The van der Waals surface area contributed by atoms with Crippen molar-refractivity contribution in [2.75, 3.05) is 5.43 Å². The molecular formula is C13H15BrN4O. The maximum Gasteiger partial charge on any atom is 0.156 e. The lowest BCUT2D eigenvalue weighted by Crippen LogP contribution is -2.11. The molecule has 0 aliphatic heterocycles. The minimum Gasteiger partial charge on any atom is -0.369 e. The molecule has 0 saturated carbocycles. The van der Waals surface area contributed by atoms with Crippen LogP contribution in [0.2, 0.25) is 0 Å². The van der Waals surface area contributed by atoms with E-state index in [1.54, 1.807) is 6.07 Å². The van der Waals surface area contributed by atoms with Gasteiger partial charge in [0, 0.05) is 16.2 Å². The van der Waals surface area contributed by atoms with Crippen LogP contribution in [0.3, 0.4) is 0 Å². The number of hydrazine groups is 1. The standard InChI is InChI=1S/C13H15BrN4O/c1-9-6-12(18-15)17-13(16-9)8-19-7-10-2-4-11(14)5-3-10/h2-6H,7-8,15H2,1H3,(H,16,17,18). The number of nitrogen functional groups attached to an aromatic ring is 1. The molecular weight excluding hydrogens is 308 g/mol. The quantitative estimate of drug-likeness (QED) is 0.653.